The molecule has 0 spiro atoms. The minimum Gasteiger partial charge on any atom is -0.327 e. The molecular weight excluding hydrogens is 484 g/mol. The SMILES string of the molecule is CC1(C)C2CC[C@]3(C)[C@H](C(=O)C=C4[C@@H]5C[C@@](C)(C(=O)N(O)C(C)(C)C)CC[C@]5(C)CC[C@]43C)[C@@]2(C)CC[C@@H]1N. The predicted octanol–water partition coefficient (Wildman–Crippen LogP) is 7.31. The number of carbonyl (C=O) groups excluding carboxylic acids is 2. The molecule has 3 N–H and O–H groups in total. The van der Waals surface area contributed by atoms with Crippen LogP contribution in [0, 0.1) is 50.2 Å². The number of ketones is 1. The number of rotatable bonds is 1. The Balaban J connectivity index is 1.57. The summed E-state index contributed by atoms with van der Waals surface area (Å²) in [7, 11) is 0. The first-order valence-electron chi connectivity index (χ1n) is 15.7. The maximum atomic E-state index is 14.5. The van der Waals surface area contributed by atoms with Gasteiger partial charge in [0.25, 0.3) is 5.91 Å². The summed E-state index contributed by atoms with van der Waals surface area (Å²) in [6, 6.07) is 0.187. The van der Waals surface area contributed by atoms with Gasteiger partial charge >= 0.3 is 0 Å². The van der Waals surface area contributed by atoms with E-state index in [2.05, 4.69) is 47.6 Å². The maximum Gasteiger partial charge on any atom is 0.252 e. The molecule has 0 bridgehead atoms. The second-order valence-electron chi connectivity index (χ2n) is 17.5. The monoisotopic (exact) mass is 540 g/mol. The van der Waals surface area contributed by atoms with Crippen LogP contribution in [-0.4, -0.2) is 33.5 Å². The molecule has 5 rings (SSSR count). The zero-order valence-corrected chi connectivity index (χ0v) is 26.5. The number of allylic oxidation sites excluding steroid dienone is 2. The topological polar surface area (TPSA) is 83.6 Å². The Morgan fingerprint density at radius 1 is 0.949 bits per heavy atom. The van der Waals surface area contributed by atoms with E-state index in [0.717, 1.165) is 56.4 Å². The van der Waals surface area contributed by atoms with Gasteiger partial charge in [0.15, 0.2) is 5.78 Å². The number of nitrogens with zero attached hydrogens (tertiary/aromatic N) is 1. The van der Waals surface area contributed by atoms with Crippen molar-refractivity contribution in [2.24, 2.45) is 56.0 Å². The van der Waals surface area contributed by atoms with Crippen molar-refractivity contribution >= 4 is 11.7 Å². The molecule has 9 atom stereocenters. The Morgan fingerprint density at radius 3 is 2.18 bits per heavy atom. The summed E-state index contributed by atoms with van der Waals surface area (Å²) in [4.78, 5) is 28.2. The van der Waals surface area contributed by atoms with Gasteiger partial charge in [0.2, 0.25) is 0 Å². The lowest BCUT2D eigenvalue weighted by atomic mass is 9.33. The molecule has 220 valence electrons. The van der Waals surface area contributed by atoms with E-state index in [-0.39, 0.29) is 50.9 Å². The van der Waals surface area contributed by atoms with Gasteiger partial charge in [-0.1, -0.05) is 54.0 Å². The molecule has 5 aliphatic rings. The quantitative estimate of drug-likeness (QED) is 0.270. The lowest BCUT2D eigenvalue weighted by molar-refractivity contribution is -0.204. The summed E-state index contributed by atoms with van der Waals surface area (Å²) >= 11 is 0. The normalized spacial score (nSPS) is 49.1. The van der Waals surface area contributed by atoms with Crippen molar-refractivity contribution in [1.29, 1.82) is 0 Å². The maximum absolute atomic E-state index is 14.5. The van der Waals surface area contributed by atoms with Crippen molar-refractivity contribution in [2.75, 3.05) is 0 Å². The van der Waals surface area contributed by atoms with Gasteiger partial charge in [0.1, 0.15) is 0 Å². The minimum atomic E-state index is -0.646. The predicted molar refractivity (Wildman–Crippen MR) is 156 cm³/mol. The first kappa shape index (κ1) is 29.3. The number of hydrogen-bond donors (Lipinski definition) is 2. The van der Waals surface area contributed by atoms with Crippen LogP contribution in [0.25, 0.3) is 0 Å². The average molecular weight is 541 g/mol. The largest absolute Gasteiger partial charge is 0.327 e. The van der Waals surface area contributed by atoms with Crippen molar-refractivity contribution < 1.29 is 14.8 Å². The highest BCUT2D eigenvalue weighted by atomic mass is 16.5. The molecule has 5 heteroatoms. The van der Waals surface area contributed by atoms with Crippen LogP contribution in [-0.2, 0) is 9.59 Å². The van der Waals surface area contributed by atoms with E-state index in [4.69, 9.17) is 5.73 Å². The molecular formula is C34H56N2O3. The van der Waals surface area contributed by atoms with Gasteiger partial charge in [0.05, 0.1) is 5.54 Å². The van der Waals surface area contributed by atoms with Crippen LogP contribution in [0.2, 0.25) is 0 Å². The molecule has 0 heterocycles. The second-order valence-corrected chi connectivity index (χ2v) is 17.5. The van der Waals surface area contributed by atoms with Crippen LogP contribution < -0.4 is 5.73 Å². The molecule has 0 saturated heterocycles. The fraction of sp³-hybridized carbons (Fsp3) is 0.882. The molecule has 0 aromatic rings. The van der Waals surface area contributed by atoms with Crippen molar-refractivity contribution in [3.63, 3.8) is 0 Å². The molecule has 0 aromatic carbocycles. The molecule has 4 saturated carbocycles. The average Bonchev–Trinajstić information content (AvgIpc) is 2.82. The Bertz CT molecular complexity index is 1100. The van der Waals surface area contributed by atoms with Gasteiger partial charge < -0.3 is 5.73 Å². The lowest BCUT2D eigenvalue weighted by Gasteiger charge is -2.70. The van der Waals surface area contributed by atoms with E-state index >= 15 is 0 Å². The van der Waals surface area contributed by atoms with Crippen molar-refractivity contribution in [1.82, 2.24) is 5.06 Å². The zero-order chi connectivity index (χ0) is 29.2. The van der Waals surface area contributed by atoms with Gasteiger partial charge in [0, 0.05) is 17.4 Å². The summed E-state index contributed by atoms with van der Waals surface area (Å²) in [5.41, 5.74) is 6.60. The Labute approximate surface area is 237 Å². The number of nitrogens with two attached hydrogens (primary N) is 1. The summed E-state index contributed by atoms with van der Waals surface area (Å²) < 4.78 is 0. The van der Waals surface area contributed by atoms with Gasteiger partial charge in [-0.3, -0.25) is 14.8 Å². The highest BCUT2D eigenvalue weighted by Crippen LogP contribution is 2.75. The van der Waals surface area contributed by atoms with E-state index < -0.39 is 11.0 Å². The van der Waals surface area contributed by atoms with Gasteiger partial charge in [-0.25, -0.2) is 5.06 Å². The zero-order valence-electron chi connectivity index (χ0n) is 26.5. The number of hydrogen-bond acceptors (Lipinski definition) is 4. The van der Waals surface area contributed by atoms with Gasteiger partial charge in [-0.15, -0.1) is 0 Å². The third-order valence-electron chi connectivity index (χ3n) is 14.0. The van der Waals surface area contributed by atoms with Crippen LogP contribution in [0.4, 0.5) is 0 Å². The third-order valence-corrected chi connectivity index (χ3v) is 14.0. The van der Waals surface area contributed by atoms with Crippen molar-refractivity contribution in [3.8, 4) is 0 Å². The highest BCUT2D eigenvalue weighted by molar-refractivity contribution is 5.95. The van der Waals surface area contributed by atoms with Crippen LogP contribution in [0.5, 0.6) is 0 Å². The summed E-state index contributed by atoms with van der Waals surface area (Å²) in [5, 5.41) is 11.8. The first-order chi connectivity index (χ1) is 17.7. The minimum absolute atomic E-state index is 0.0130. The van der Waals surface area contributed by atoms with Crippen LogP contribution >= 0.6 is 0 Å². The second kappa shape index (κ2) is 8.43. The van der Waals surface area contributed by atoms with Gasteiger partial charge in [-0.2, -0.15) is 0 Å². The Morgan fingerprint density at radius 2 is 1.56 bits per heavy atom. The molecule has 5 nitrogen and oxygen atoms in total. The fourth-order valence-corrected chi connectivity index (χ4v) is 11.0. The third kappa shape index (κ3) is 3.76. The Hall–Kier alpha value is -1.20. The summed E-state index contributed by atoms with van der Waals surface area (Å²) in [5.74, 6) is 0.788. The first-order valence-corrected chi connectivity index (χ1v) is 15.7. The summed E-state index contributed by atoms with van der Waals surface area (Å²) in [6.07, 6.45) is 10.9. The summed E-state index contributed by atoms with van der Waals surface area (Å²) in [6.45, 7) is 22.1. The smallest absolute Gasteiger partial charge is 0.252 e. The van der Waals surface area contributed by atoms with Gasteiger partial charge in [-0.05, 0) is 124 Å². The fourth-order valence-electron chi connectivity index (χ4n) is 11.0. The molecule has 5 aliphatic carbocycles. The number of amides is 1. The van der Waals surface area contributed by atoms with Crippen molar-refractivity contribution in [3.05, 3.63) is 11.6 Å². The number of hydroxylamine groups is 2. The highest BCUT2D eigenvalue weighted by Gasteiger charge is 2.70. The molecule has 0 radical (unpaired) electrons. The molecule has 4 fully saturated rings. The molecule has 0 aliphatic heterocycles. The van der Waals surface area contributed by atoms with Crippen LogP contribution in [0.1, 0.15) is 127 Å². The number of fused-ring (bicyclic) bond motifs is 7. The lowest BCUT2D eigenvalue weighted by Crippen LogP contribution is -2.67. The molecule has 1 unspecified atom stereocenters. The van der Waals surface area contributed by atoms with E-state index in [1.165, 1.54) is 5.57 Å². The van der Waals surface area contributed by atoms with E-state index in [0.29, 0.717) is 18.1 Å². The molecule has 0 aromatic heterocycles. The van der Waals surface area contributed by atoms with E-state index in [1.807, 2.05) is 27.7 Å². The Kier molecular flexibility index (Phi) is 6.33. The van der Waals surface area contributed by atoms with Crippen molar-refractivity contribution in [2.45, 2.75) is 139 Å². The molecule has 1 amide bonds. The van der Waals surface area contributed by atoms with E-state index in [9.17, 15) is 14.8 Å². The standard InChI is InChI=1S/C34H56N2O3/c1-28(2,3)36(39)27(38)31(7)16-15-30(6)17-18-33(9)21(22(30)20-31)19-23(37)26-32(8)13-12-25(35)29(4,5)24(32)11-14-34(26,33)10/h19,22,24-26,39H,11-18,20,35H2,1-10H3/t22-,24?,25-,26+,30+,31-,32-,33+,34+/m0/s1. The van der Waals surface area contributed by atoms with E-state index in [1.54, 1.807) is 0 Å². The molecule has 39 heavy (non-hydrogen) atoms. The van der Waals surface area contributed by atoms with Crippen LogP contribution in [0.3, 0.4) is 0 Å². The van der Waals surface area contributed by atoms with Crippen LogP contribution in [0.15, 0.2) is 11.6 Å². The number of carbonyl (C=O) groups is 2.